The molecule has 0 aliphatic heterocycles. The molecule has 0 saturated heterocycles. The Hall–Kier alpha value is -1.50. The molecule has 96 valence electrons. The van der Waals surface area contributed by atoms with Crippen molar-refractivity contribution < 1.29 is 14.0 Å². The first kappa shape index (κ1) is 12.9. The lowest BCUT2D eigenvalue weighted by Gasteiger charge is -2.01. The van der Waals surface area contributed by atoms with Crippen molar-refractivity contribution >= 4 is 11.6 Å². The Morgan fingerprint density at radius 3 is 2.94 bits per heavy atom. The van der Waals surface area contributed by atoms with E-state index in [1.54, 1.807) is 0 Å². The van der Waals surface area contributed by atoms with Crippen LogP contribution in [0.4, 0.5) is 4.39 Å². The van der Waals surface area contributed by atoms with Gasteiger partial charge in [-0.15, -0.1) is 0 Å². The molecular formula is C11H11ClFN3O2. The first-order valence-corrected chi connectivity index (χ1v) is 5.66. The third-order valence-corrected chi connectivity index (χ3v) is 2.65. The molecule has 0 saturated carbocycles. The molecule has 1 heterocycles. The third kappa shape index (κ3) is 2.66. The zero-order chi connectivity index (χ0) is 13.1. The molecule has 0 unspecified atom stereocenters. The minimum atomic E-state index is -0.907. The highest BCUT2D eigenvalue weighted by Gasteiger charge is 2.17. The van der Waals surface area contributed by atoms with Crippen LogP contribution < -0.4 is 5.73 Å². The van der Waals surface area contributed by atoms with Gasteiger partial charge >= 0.3 is 0 Å². The lowest BCUT2D eigenvalue weighted by Crippen LogP contribution is -2.06. The van der Waals surface area contributed by atoms with E-state index in [4.69, 9.17) is 21.9 Å². The zero-order valence-corrected chi connectivity index (χ0v) is 10.1. The quantitative estimate of drug-likeness (QED) is 0.887. The maximum absolute atomic E-state index is 12.9. The molecular weight excluding hydrogens is 261 g/mol. The van der Waals surface area contributed by atoms with Crippen LogP contribution in [0.25, 0.3) is 11.4 Å². The van der Waals surface area contributed by atoms with Crippen LogP contribution in [-0.4, -0.2) is 21.8 Å². The van der Waals surface area contributed by atoms with Crippen molar-refractivity contribution in [2.45, 2.75) is 12.5 Å². The number of benzene rings is 1. The number of halogens is 2. The molecule has 0 bridgehead atoms. The number of aromatic nitrogens is 2. The highest BCUT2D eigenvalue weighted by atomic mass is 35.5. The van der Waals surface area contributed by atoms with Gasteiger partial charge in [0.15, 0.2) is 0 Å². The third-order valence-electron chi connectivity index (χ3n) is 2.34. The van der Waals surface area contributed by atoms with Crippen LogP contribution in [0.1, 0.15) is 18.4 Å². The Morgan fingerprint density at radius 2 is 2.28 bits per heavy atom. The summed E-state index contributed by atoms with van der Waals surface area (Å²) in [5.74, 6) is -0.183. The predicted octanol–water partition coefficient (Wildman–Crippen LogP) is 1.91. The van der Waals surface area contributed by atoms with Crippen molar-refractivity contribution in [1.29, 1.82) is 0 Å². The van der Waals surface area contributed by atoms with E-state index in [1.165, 1.54) is 12.1 Å². The second-order valence-corrected chi connectivity index (χ2v) is 4.08. The van der Waals surface area contributed by atoms with E-state index in [9.17, 15) is 9.50 Å². The molecule has 5 nitrogen and oxygen atoms in total. The van der Waals surface area contributed by atoms with Crippen molar-refractivity contribution in [3.05, 3.63) is 34.9 Å². The molecule has 1 aromatic heterocycles. The fourth-order valence-corrected chi connectivity index (χ4v) is 1.68. The topological polar surface area (TPSA) is 85.2 Å². The minimum absolute atomic E-state index is 0.0656. The smallest absolute Gasteiger partial charge is 0.255 e. The fourth-order valence-electron chi connectivity index (χ4n) is 1.43. The number of hydrogen-bond acceptors (Lipinski definition) is 5. The number of aliphatic hydroxyl groups is 1. The molecule has 0 aliphatic rings. The van der Waals surface area contributed by atoms with Crippen LogP contribution in [0, 0.1) is 5.82 Å². The molecule has 2 rings (SSSR count). The Morgan fingerprint density at radius 1 is 1.50 bits per heavy atom. The van der Waals surface area contributed by atoms with Gasteiger partial charge < -0.3 is 15.4 Å². The molecule has 1 aromatic carbocycles. The van der Waals surface area contributed by atoms with E-state index < -0.39 is 11.9 Å². The Balaban J connectivity index is 2.29. The first-order valence-electron chi connectivity index (χ1n) is 5.29. The maximum atomic E-state index is 12.9. The molecule has 2 aromatic rings. The van der Waals surface area contributed by atoms with E-state index in [0.29, 0.717) is 18.5 Å². The van der Waals surface area contributed by atoms with Gasteiger partial charge in [0, 0.05) is 5.56 Å². The number of rotatable bonds is 4. The molecule has 0 aliphatic carbocycles. The predicted molar refractivity (Wildman–Crippen MR) is 63.3 cm³/mol. The highest BCUT2D eigenvalue weighted by molar-refractivity contribution is 6.33. The summed E-state index contributed by atoms with van der Waals surface area (Å²) in [5, 5.41) is 13.5. The summed E-state index contributed by atoms with van der Waals surface area (Å²) in [4.78, 5) is 4.00. The summed E-state index contributed by atoms with van der Waals surface area (Å²) < 4.78 is 17.8. The Bertz CT molecular complexity index is 547. The number of hydrogen-bond donors (Lipinski definition) is 2. The van der Waals surface area contributed by atoms with E-state index in [1.807, 2.05) is 0 Å². The number of nitrogens with zero attached hydrogens (tertiary/aromatic N) is 2. The summed E-state index contributed by atoms with van der Waals surface area (Å²) in [6, 6.07) is 3.85. The average Bonchev–Trinajstić information content (AvgIpc) is 2.78. The van der Waals surface area contributed by atoms with Crippen molar-refractivity contribution in [3.63, 3.8) is 0 Å². The van der Waals surface area contributed by atoms with Crippen LogP contribution in [0.2, 0.25) is 5.02 Å². The van der Waals surface area contributed by atoms with E-state index in [2.05, 4.69) is 10.1 Å². The normalized spacial score (nSPS) is 12.7. The zero-order valence-electron chi connectivity index (χ0n) is 9.31. The lowest BCUT2D eigenvalue weighted by atomic mass is 10.2. The van der Waals surface area contributed by atoms with Crippen LogP contribution in [0.3, 0.4) is 0 Å². The van der Waals surface area contributed by atoms with Crippen molar-refractivity contribution in [3.8, 4) is 11.4 Å². The molecule has 1 atom stereocenters. The van der Waals surface area contributed by atoms with Gasteiger partial charge in [-0.3, -0.25) is 0 Å². The van der Waals surface area contributed by atoms with E-state index >= 15 is 0 Å². The maximum Gasteiger partial charge on any atom is 0.255 e. The summed E-state index contributed by atoms with van der Waals surface area (Å²) in [7, 11) is 0. The van der Waals surface area contributed by atoms with Gasteiger partial charge in [-0.1, -0.05) is 16.8 Å². The first-order chi connectivity index (χ1) is 8.61. The highest BCUT2D eigenvalue weighted by Crippen LogP contribution is 2.27. The van der Waals surface area contributed by atoms with E-state index in [-0.39, 0.29) is 16.7 Å². The molecule has 18 heavy (non-hydrogen) atoms. The Labute approximate surface area is 107 Å². The summed E-state index contributed by atoms with van der Waals surface area (Å²) >= 11 is 5.87. The second kappa shape index (κ2) is 5.43. The molecule has 0 amide bonds. The molecule has 0 spiro atoms. The monoisotopic (exact) mass is 271 g/mol. The van der Waals surface area contributed by atoms with Crippen molar-refractivity contribution in [1.82, 2.24) is 10.1 Å². The van der Waals surface area contributed by atoms with Gasteiger partial charge in [-0.05, 0) is 31.2 Å². The van der Waals surface area contributed by atoms with Crippen LogP contribution in [0.5, 0.6) is 0 Å². The van der Waals surface area contributed by atoms with E-state index in [0.717, 1.165) is 6.07 Å². The minimum Gasteiger partial charge on any atom is -0.383 e. The van der Waals surface area contributed by atoms with Crippen molar-refractivity contribution in [2.75, 3.05) is 6.54 Å². The van der Waals surface area contributed by atoms with Crippen molar-refractivity contribution in [2.24, 2.45) is 5.73 Å². The summed E-state index contributed by atoms with van der Waals surface area (Å²) in [6.07, 6.45) is -0.589. The van der Waals surface area contributed by atoms with Gasteiger partial charge in [0.1, 0.15) is 11.9 Å². The molecule has 0 radical (unpaired) electrons. The Kier molecular flexibility index (Phi) is 3.90. The molecule has 7 heteroatoms. The average molecular weight is 272 g/mol. The van der Waals surface area contributed by atoms with Gasteiger partial charge in [0.25, 0.3) is 5.89 Å². The molecule has 3 N–H and O–H groups in total. The standard InChI is InChI=1S/C11H11ClFN3O2/c12-8-5-6(13)1-2-7(8)10-15-11(18-16-10)9(17)3-4-14/h1-2,5,9,17H,3-4,14H2/t9-/m0/s1. The lowest BCUT2D eigenvalue weighted by molar-refractivity contribution is 0.127. The van der Waals surface area contributed by atoms with Gasteiger partial charge in [0.05, 0.1) is 5.02 Å². The van der Waals surface area contributed by atoms with Gasteiger partial charge in [-0.25, -0.2) is 4.39 Å². The summed E-state index contributed by atoms with van der Waals surface area (Å²) in [6.45, 7) is 0.302. The number of nitrogens with two attached hydrogens (primary N) is 1. The second-order valence-electron chi connectivity index (χ2n) is 3.67. The van der Waals surface area contributed by atoms with Gasteiger partial charge in [0.2, 0.25) is 5.82 Å². The van der Waals surface area contributed by atoms with Crippen LogP contribution >= 0.6 is 11.6 Å². The summed E-state index contributed by atoms with van der Waals surface area (Å²) in [5.41, 5.74) is 5.75. The molecule has 0 fully saturated rings. The number of aliphatic hydroxyl groups excluding tert-OH is 1. The van der Waals surface area contributed by atoms with Crippen LogP contribution in [0.15, 0.2) is 22.7 Å². The fraction of sp³-hybridized carbons (Fsp3) is 0.273. The van der Waals surface area contributed by atoms with Crippen LogP contribution in [-0.2, 0) is 0 Å². The van der Waals surface area contributed by atoms with Gasteiger partial charge in [-0.2, -0.15) is 4.98 Å². The SMILES string of the molecule is NCC[C@H](O)c1nc(-c2ccc(F)cc2Cl)no1. The largest absolute Gasteiger partial charge is 0.383 e.